The minimum absolute atomic E-state index is 0.377. The third-order valence-corrected chi connectivity index (χ3v) is 4.29. The van der Waals surface area contributed by atoms with Crippen LogP contribution in [0.1, 0.15) is 0 Å². The Labute approximate surface area is 137 Å². The first-order chi connectivity index (χ1) is 9.66. The molecule has 3 aromatic rings. The second kappa shape index (κ2) is 5.53. The molecule has 2 N–H and O–H groups in total. The number of nitrogens with two attached hydrogens (primary N) is 1. The molecule has 0 saturated carbocycles. The van der Waals surface area contributed by atoms with Crippen molar-refractivity contribution in [3.63, 3.8) is 0 Å². The van der Waals surface area contributed by atoms with Gasteiger partial charge in [0.15, 0.2) is 11.6 Å². The monoisotopic (exact) mass is 441 g/mol. The molecular formula is C14H9BrIN3O. The van der Waals surface area contributed by atoms with Gasteiger partial charge in [-0.3, -0.25) is 4.98 Å². The summed E-state index contributed by atoms with van der Waals surface area (Å²) in [6.07, 6.45) is 3.44. The number of anilines is 1. The van der Waals surface area contributed by atoms with Crippen molar-refractivity contribution in [2.75, 3.05) is 5.73 Å². The van der Waals surface area contributed by atoms with E-state index < -0.39 is 0 Å². The lowest BCUT2D eigenvalue weighted by atomic mass is 10.0. The van der Waals surface area contributed by atoms with Gasteiger partial charge in [0.2, 0.25) is 0 Å². The topological polar surface area (TPSA) is 64.9 Å². The fourth-order valence-electron chi connectivity index (χ4n) is 1.96. The van der Waals surface area contributed by atoms with Gasteiger partial charge in [0.05, 0.1) is 5.56 Å². The molecule has 0 saturated heterocycles. The number of hydrogen-bond donors (Lipinski definition) is 1. The Balaban J connectivity index is 2.24. The summed E-state index contributed by atoms with van der Waals surface area (Å²) < 4.78 is 7.49. The lowest BCUT2D eigenvalue weighted by Crippen LogP contribution is -1.90. The number of hydrogen-bond acceptors (Lipinski definition) is 4. The number of aromatic nitrogens is 2. The summed E-state index contributed by atoms with van der Waals surface area (Å²) in [6, 6.07) is 9.76. The van der Waals surface area contributed by atoms with Crippen LogP contribution in [0.4, 0.5) is 5.82 Å². The number of halogens is 2. The first-order valence-electron chi connectivity index (χ1n) is 5.78. The predicted octanol–water partition coefficient (Wildman–Crippen LogP) is 4.35. The van der Waals surface area contributed by atoms with E-state index in [1.165, 1.54) is 0 Å². The Morgan fingerprint density at radius 2 is 1.90 bits per heavy atom. The molecule has 0 aliphatic rings. The second-order valence-electron chi connectivity index (χ2n) is 4.13. The Hall–Kier alpha value is -1.41. The molecule has 0 amide bonds. The third kappa shape index (κ3) is 2.45. The first kappa shape index (κ1) is 13.6. The smallest absolute Gasteiger partial charge is 0.178 e. The highest BCUT2D eigenvalue weighted by Crippen LogP contribution is 2.39. The quantitative estimate of drug-likeness (QED) is 0.600. The zero-order valence-corrected chi connectivity index (χ0v) is 13.9. The van der Waals surface area contributed by atoms with Crippen molar-refractivity contribution in [3.8, 4) is 22.5 Å². The van der Waals surface area contributed by atoms with Crippen molar-refractivity contribution in [1.82, 2.24) is 10.1 Å². The molecule has 4 nitrogen and oxygen atoms in total. The first-order valence-corrected chi connectivity index (χ1v) is 7.65. The number of nitrogen functional groups attached to an aromatic ring is 1. The third-order valence-electron chi connectivity index (χ3n) is 2.86. The van der Waals surface area contributed by atoms with Gasteiger partial charge >= 0.3 is 0 Å². The molecule has 3 rings (SSSR count). The number of pyridine rings is 1. The molecule has 0 aliphatic carbocycles. The highest BCUT2D eigenvalue weighted by Gasteiger charge is 2.19. The highest BCUT2D eigenvalue weighted by atomic mass is 127. The Bertz CT molecular complexity index is 758. The minimum atomic E-state index is 0.377. The number of rotatable bonds is 2. The summed E-state index contributed by atoms with van der Waals surface area (Å²) in [7, 11) is 0. The van der Waals surface area contributed by atoms with Crippen LogP contribution in [0.5, 0.6) is 0 Å². The van der Waals surface area contributed by atoms with E-state index in [0.717, 1.165) is 24.7 Å². The van der Waals surface area contributed by atoms with Crippen molar-refractivity contribution >= 4 is 44.3 Å². The van der Waals surface area contributed by atoms with Crippen LogP contribution >= 0.6 is 38.5 Å². The Morgan fingerprint density at radius 3 is 2.65 bits per heavy atom. The van der Waals surface area contributed by atoms with Gasteiger partial charge < -0.3 is 10.3 Å². The van der Waals surface area contributed by atoms with Crippen molar-refractivity contribution in [2.45, 2.75) is 0 Å². The summed E-state index contributed by atoms with van der Waals surface area (Å²) in [5.74, 6) is 1.04. The average Bonchev–Trinajstić information content (AvgIpc) is 2.84. The van der Waals surface area contributed by atoms with Crippen molar-refractivity contribution in [1.29, 1.82) is 0 Å². The van der Waals surface area contributed by atoms with Gasteiger partial charge in [-0.2, -0.15) is 0 Å². The Kier molecular flexibility index (Phi) is 3.75. The summed E-state index contributed by atoms with van der Waals surface area (Å²) in [5, 5.41) is 3.90. The van der Waals surface area contributed by atoms with Crippen LogP contribution in [0.2, 0.25) is 0 Å². The SMILES string of the molecule is Nc1noc(-c2cc(Br)ccc2I)c1-c1ccncc1. The van der Waals surface area contributed by atoms with Crippen LogP contribution in [0.15, 0.2) is 51.7 Å². The summed E-state index contributed by atoms with van der Waals surface area (Å²) in [6.45, 7) is 0. The zero-order chi connectivity index (χ0) is 14.1. The van der Waals surface area contributed by atoms with Gasteiger partial charge in [-0.25, -0.2) is 0 Å². The van der Waals surface area contributed by atoms with E-state index >= 15 is 0 Å². The minimum Gasteiger partial charge on any atom is -0.380 e. The van der Waals surface area contributed by atoms with Crippen molar-refractivity contribution in [3.05, 3.63) is 50.8 Å². The normalized spacial score (nSPS) is 10.7. The largest absolute Gasteiger partial charge is 0.380 e. The van der Waals surface area contributed by atoms with E-state index in [0.29, 0.717) is 11.6 Å². The molecule has 2 heterocycles. The molecular weight excluding hydrogens is 433 g/mol. The van der Waals surface area contributed by atoms with Crippen LogP contribution < -0.4 is 5.73 Å². The molecule has 1 aromatic carbocycles. The fraction of sp³-hybridized carbons (Fsp3) is 0. The van der Waals surface area contributed by atoms with Crippen LogP contribution in [-0.2, 0) is 0 Å². The average molecular weight is 442 g/mol. The summed E-state index contributed by atoms with van der Waals surface area (Å²) >= 11 is 5.74. The van der Waals surface area contributed by atoms with Gasteiger partial charge in [0.1, 0.15) is 0 Å². The maximum Gasteiger partial charge on any atom is 0.178 e. The van der Waals surface area contributed by atoms with E-state index in [9.17, 15) is 0 Å². The predicted molar refractivity (Wildman–Crippen MR) is 90.0 cm³/mol. The van der Waals surface area contributed by atoms with Crippen LogP contribution in [-0.4, -0.2) is 10.1 Å². The van der Waals surface area contributed by atoms with Gasteiger partial charge in [0.25, 0.3) is 0 Å². The van der Waals surface area contributed by atoms with E-state index in [4.69, 9.17) is 10.3 Å². The molecule has 0 aliphatic heterocycles. The highest BCUT2D eigenvalue weighted by molar-refractivity contribution is 14.1. The molecule has 0 radical (unpaired) electrons. The zero-order valence-electron chi connectivity index (χ0n) is 10.2. The fourth-order valence-corrected chi connectivity index (χ4v) is 2.90. The van der Waals surface area contributed by atoms with Gasteiger partial charge in [-0.1, -0.05) is 21.1 Å². The van der Waals surface area contributed by atoms with Gasteiger partial charge in [-0.05, 0) is 58.5 Å². The van der Waals surface area contributed by atoms with Crippen LogP contribution in [0.25, 0.3) is 22.5 Å². The number of benzene rings is 1. The summed E-state index contributed by atoms with van der Waals surface area (Å²) in [5.41, 5.74) is 8.64. The van der Waals surface area contributed by atoms with Gasteiger partial charge in [-0.15, -0.1) is 0 Å². The van der Waals surface area contributed by atoms with Crippen LogP contribution in [0, 0.1) is 3.57 Å². The summed E-state index contributed by atoms with van der Waals surface area (Å²) in [4.78, 5) is 4.02. The molecule has 0 fully saturated rings. The maximum absolute atomic E-state index is 5.96. The molecule has 20 heavy (non-hydrogen) atoms. The molecule has 2 aromatic heterocycles. The molecule has 0 atom stereocenters. The molecule has 6 heteroatoms. The second-order valence-corrected chi connectivity index (χ2v) is 6.21. The standard InChI is InChI=1S/C14H9BrIN3O/c15-9-1-2-11(16)10(7-9)13-12(14(17)19-20-13)8-3-5-18-6-4-8/h1-7H,(H2,17,19). The Morgan fingerprint density at radius 1 is 1.15 bits per heavy atom. The van der Waals surface area contributed by atoms with E-state index in [1.54, 1.807) is 12.4 Å². The molecule has 0 unspecified atom stereocenters. The van der Waals surface area contributed by atoms with E-state index in [1.807, 2.05) is 30.3 Å². The molecule has 100 valence electrons. The van der Waals surface area contributed by atoms with Gasteiger partial charge in [0, 0.05) is 26.0 Å². The lowest BCUT2D eigenvalue weighted by molar-refractivity contribution is 0.436. The molecule has 0 spiro atoms. The molecule has 0 bridgehead atoms. The van der Waals surface area contributed by atoms with E-state index in [2.05, 4.69) is 48.7 Å². The maximum atomic E-state index is 5.96. The van der Waals surface area contributed by atoms with Crippen molar-refractivity contribution in [2.24, 2.45) is 0 Å². The van der Waals surface area contributed by atoms with Crippen molar-refractivity contribution < 1.29 is 4.52 Å². The van der Waals surface area contributed by atoms with E-state index in [-0.39, 0.29) is 0 Å². The van der Waals surface area contributed by atoms with Crippen LogP contribution in [0.3, 0.4) is 0 Å². The lowest BCUT2D eigenvalue weighted by Gasteiger charge is -2.05. The number of nitrogens with zero attached hydrogens (tertiary/aromatic N) is 2.